The molecule has 0 fully saturated rings. The second-order valence-electron chi connectivity index (χ2n) is 7.81. The largest absolute Gasteiger partial charge is 0.466 e. The second-order valence-corrected chi connectivity index (χ2v) is 15.6. The van der Waals surface area contributed by atoms with Crippen molar-refractivity contribution in [3.05, 3.63) is 0 Å². The average molecular weight is 434 g/mol. The summed E-state index contributed by atoms with van der Waals surface area (Å²) in [5.41, 5.74) is 0. The van der Waals surface area contributed by atoms with E-state index >= 15 is 0 Å². The first kappa shape index (κ1) is 25.5. The molecule has 0 unspecified atom stereocenters. The van der Waals surface area contributed by atoms with Gasteiger partial charge in [0.1, 0.15) is 0 Å². The van der Waals surface area contributed by atoms with Crippen LogP contribution in [0.15, 0.2) is 0 Å². The minimum atomic E-state index is -0.976. The van der Waals surface area contributed by atoms with Gasteiger partial charge in [0.25, 0.3) is 0 Å². The number of carbonyl (C=O) groups is 1. The van der Waals surface area contributed by atoms with Gasteiger partial charge in [-0.15, -0.1) is 0 Å². The van der Waals surface area contributed by atoms with Crippen LogP contribution in [0.5, 0.6) is 0 Å². The average Bonchev–Trinajstić information content (AvgIpc) is 2.37. The molecule has 0 amide bonds. The van der Waals surface area contributed by atoms with Crippen molar-refractivity contribution < 1.29 is 9.53 Å². The van der Waals surface area contributed by atoms with Crippen LogP contribution in [0.3, 0.4) is 0 Å². The van der Waals surface area contributed by atoms with E-state index in [0.29, 0.717) is 13.0 Å². The van der Waals surface area contributed by atoms with Gasteiger partial charge in [-0.1, -0.05) is 19.8 Å². The van der Waals surface area contributed by atoms with Crippen molar-refractivity contribution in [1.82, 2.24) is 0 Å². The van der Waals surface area contributed by atoms with Crippen LogP contribution >= 0.6 is 0 Å². The standard InChI is InChI=1S/C8H16O2.3C4H9.Sn/c1-3-5-6-7-8(9)10-4-2;3*1-4(2)3;/h3-7H2,1-2H3;3*4H,1H2,2-3H3;. The molecule has 0 atom stereocenters. The summed E-state index contributed by atoms with van der Waals surface area (Å²) < 4.78 is 9.58. The van der Waals surface area contributed by atoms with Crippen LogP contribution in [-0.2, 0) is 9.53 Å². The number of carbonyl (C=O) groups excluding carboxylic acids is 1. The van der Waals surface area contributed by atoms with Gasteiger partial charge in [0.2, 0.25) is 0 Å². The zero-order valence-electron chi connectivity index (χ0n) is 17.2. The SMILES string of the molecule is CC(C)[CH2][Sn]([CH2]C(C)C)[CH2]C(C)C.CCCCCC(=O)OCC. The maximum Gasteiger partial charge on any atom is 0.305 e. The van der Waals surface area contributed by atoms with Gasteiger partial charge in [0.05, 0.1) is 6.61 Å². The van der Waals surface area contributed by atoms with Crippen LogP contribution in [0.25, 0.3) is 0 Å². The fraction of sp³-hybridized carbons (Fsp3) is 0.950. The van der Waals surface area contributed by atoms with Gasteiger partial charge in [0, 0.05) is 6.42 Å². The first-order valence-corrected chi connectivity index (χ1v) is 15.8. The molecule has 2 nitrogen and oxygen atoms in total. The van der Waals surface area contributed by atoms with E-state index in [1.54, 1.807) is 13.3 Å². The Bertz CT molecular complexity index is 239. The molecule has 139 valence electrons. The Hall–Kier alpha value is 0.269. The molecule has 0 aliphatic heterocycles. The molecule has 3 heteroatoms. The molecule has 0 spiro atoms. The Morgan fingerprint density at radius 3 is 1.57 bits per heavy atom. The van der Waals surface area contributed by atoms with Crippen molar-refractivity contribution in [3.8, 4) is 0 Å². The number of esters is 1. The number of ether oxygens (including phenoxy) is 1. The van der Waals surface area contributed by atoms with Crippen molar-refractivity contribution in [1.29, 1.82) is 0 Å². The number of hydrogen-bond acceptors (Lipinski definition) is 2. The first-order valence-electron chi connectivity index (χ1n) is 9.71. The number of hydrogen-bond donors (Lipinski definition) is 0. The summed E-state index contributed by atoms with van der Waals surface area (Å²) in [5.74, 6) is 2.79. The van der Waals surface area contributed by atoms with Crippen LogP contribution < -0.4 is 0 Å². The molecule has 0 aliphatic carbocycles. The van der Waals surface area contributed by atoms with E-state index in [1.165, 1.54) is 0 Å². The quantitative estimate of drug-likeness (QED) is 0.209. The Morgan fingerprint density at radius 1 is 0.826 bits per heavy atom. The van der Waals surface area contributed by atoms with E-state index in [0.717, 1.165) is 37.0 Å². The topological polar surface area (TPSA) is 26.3 Å². The fourth-order valence-electron chi connectivity index (χ4n) is 2.73. The summed E-state index contributed by atoms with van der Waals surface area (Å²) in [4.78, 5) is 10.7. The molecule has 0 heterocycles. The summed E-state index contributed by atoms with van der Waals surface area (Å²) in [6.45, 7) is 18.8. The number of unbranched alkanes of at least 4 members (excludes halogenated alkanes) is 2. The predicted molar refractivity (Wildman–Crippen MR) is 105 cm³/mol. The summed E-state index contributed by atoms with van der Waals surface area (Å²) in [5, 5.41) is 0. The summed E-state index contributed by atoms with van der Waals surface area (Å²) >= 11 is -0.976. The zero-order valence-corrected chi connectivity index (χ0v) is 20.1. The van der Waals surface area contributed by atoms with E-state index in [1.807, 2.05) is 6.92 Å². The second kappa shape index (κ2) is 17.1. The normalized spacial score (nSPS) is 11.1. The third-order valence-corrected chi connectivity index (χ3v) is 15.3. The molecule has 0 N–H and O–H groups in total. The zero-order chi connectivity index (χ0) is 18.3. The minimum Gasteiger partial charge on any atom is -0.466 e. The smallest absolute Gasteiger partial charge is 0.305 e. The van der Waals surface area contributed by atoms with E-state index < -0.39 is 19.8 Å². The van der Waals surface area contributed by atoms with E-state index in [4.69, 9.17) is 4.74 Å². The van der Waals surface area contributed by atoms with Gasteiger partial charge in [-0.05, 0) is 13.3 Å². The van der Waals surface area contributed by atoms with E-state index in [2.05, 4.69) is 48.5 Å². The third kappa shape index (κ3) is 22.3. The monoisotopic (exact) mass is 435 g/mol. The molecule has 1 radical (unpaired) electrons. The van der Waals surface area contributed by atoms with Crippen LogP contribution in [0, 0.1) is 17.8 Å². The molecule has 23 heavy (non-hydrogen) atoms. The molecule has 0 rings (SSSR count). The van der Waals surface area contributed by atoms with Crippen LogP contribution in [-0.4, -0.2) is 32.3 Å². The van der Waals surface area contributed by atoms with Crippen molar-refractivity contribution >= 4 is 25.7 Å². The summed E-state index contributed by atoms with van der Waals surface area (Å²) in [7, 11) is 0. The van der Waals surface area contributed by atoms with Crippen molar-refractivity contribution in [2.24, 2.45) is 17.8 Å². The maximum atomic E-state index is 10.7. The van der Waals surface area contributed by atoms with Crippen LogP contribution in [0.2, 0.25) is 13.3 Å². The van der Waals surface area contributed by atoms with Gasteiger partial charge >= 0.3 is 98.3 Å². The summed E-state index contributed by atoms with van der Waals surface area (Å²) in [6.07, 6.45) is 3.83. The Balaban J connectivity index is 0. The van der Waals surface area contributed by atoms with Gasteiger partial charge in [-0.25, -0.2) is 0 Å². The van der Waals surface area contributed by atoms with Crippen LogP contribution in [0.1, 0.15) is 81.1 Å². The molecule has 0 saturated carbocycles. The molecular weight excluding hydrogens is 391 g/mol. The minimum absolute atomic E-state index is 0.0593. The van der Waals surface area contributed by atoms with E-state index in [9.17, 15) is 4.79 Å². The number of rotatable bonds is 11. The molecule has 0 aliphatic rings. The predicted octanol–water partition coefficient (Wildman–Crippen LogP) is 6.58. The Kier molecular flexibility index (Phi) is 19.0. The molecule has 0 aromatic heterocycles. The van der Waals surface area contributed by atoms with E-state index in [-0.39, 0.29) is 5.97 Å². The molecule has 0 bridgehead atoms. The summed E-state index contributed by atoms with van der Waals surface area (Å²) in [6, 6.07) is 0. The maximum absolute atomic E-state index is 10.7. The van der Waals surface area contributed by atoms with Crippen molar-refractivity contribution in [2.75, 3.05) is 6.61 Å². The van der Waals surface area contributed by atoms with Gasteiger partial charge in [0.15, 0.2) is 0 Å². The van der Waals surface area contributed by atoms with Crippen molar-refractivity contribution in [3.63, 3.8) is 0 Å². The Labute approximate surface area is 153 Å². The van der Waals surface area contributed by atoms with Gasteiger partial charge in [-0.2, -0.15) is 0 Å². The first-order chi connectivity index (χ1) is 10.7. The molecule has 0 aromatic carbocycles. The van der Waals surface area contributed by atoms with Crippen LogP contribution in [0.4, 0.5) is 0 Å². The fourth-order valence-corrected chi connectivity index (χ4v) is 14.0. The molecule has 0 aromatic rings. The Morgan fingerprint density at radius 2 is 1.26 bits per heavy atom. The molecule has 0 saturated heterocycles. The third-order valence-electron chi connectivity index (χ3n) is 3.38. The van der Waals surface area contributed by atoms with Gasteiger partial charge in [-0.3, -0.25) is 4.79 Å². The van der Waals surface area contributed by atoms with Gasteiger partial charge < -0.3 is 4.74 Å². The van der Waals surface area contributed by atoms with Crippen molar-refractivity contribution in [2.45, 2.75) is 94.4 Å². The molecular formula is C20H43O2Sn.